The molecule has 0 saturated carbocycles. The summed E-state index contributed by atoms with van der Waals surface area (Å²) in [4.78, 5) is 10.4. The van der Waals surface area contributed by atoms with Crippen molar-refractivity contribution >= 4 is 23.0 Å². The van der Waals surface area contributed by atoms with Crippen LogP contribution in [0.2, 0.25) is 5.02 Å². The van der Waals surface area contributed by atoms with E-state index in [1.807, 2.05) is 6.92 Å². The van der Waals surface area contributed by atoms with E-state index in [9.17, 15) is 10.1 Å². The van der Waals surface area contributed by atoms with Gasteiger partial charge in [-0.15, -0.1) is 0 Å². The topological polar surface area (TPSA) is 67.2 Å². The van der Waals surface area contributed by atoms with E-state index in [1.165, 1.54) is 18.9 Å². The molecule has 0 amide bonds. The third-order valence-corrected chi connectivity index (χ3v) is 4.18. The van der Waals surface area contributed by atoms with Gasteiger partial charge in [0.25, 0.3) is 5.69 Å². The van der Waals surface area contributed by atoms with Crippen LogP contribution in [0.15, 0.2) is 12.1 Å². The Morgan fingerprint density at radius 1 is 1.55 bits per heavy atom. The second-order valence-corrected chi connectivity index (χ2v) is 6.23. The number of nitrogens with one attached hydrogen (secondary N) is 2. The maximum absolute atomic E-state index is 10.8. The molecule has 0 aromatic heterocycles. The summed E-state index contributed by atoms with van der Waals surface area (Å²) in [6.45, 7) is 6.99. The predicted octanol–water partition coefficient (Wildman–Crippen LogP) is 3.36. The van der Waals surface area contributed by atoms with Crippen molar-refractivity contribution in [2.24, 2.45) is 5.41 Å². The highest BCUT2D eigenvalue weighted by molar-refractivity contribution is 6.33. The van der Waals surface area contributed by atoms with E-state index < -0.39 is 4.92 Å². The van der Waals surface area contributed by atoms with Crippen LogP contribution in [0.1, 0.15) is 25.3 Å². The normalized spacial score (nSPS) is 22.6. The quantitative estimate of drug-likeness (QED) is 0.660. The third kappa shape index (κ3) is 3.41. The summed E-state index contributed by atoms with van der Waals surface area (Å²) in [6, 6.07) is 3.17. The summed E-state index contributed by atoms with van der Waals surface area (Å²) in [5.41, 5.74) is 1.87. The molecule has 1 aliphatic heterocycles. The van der Waals surface area contributed by atoms with Gasteiger partial charge in [0.05, 0.1) is 4.92 Å². The highest BCUT2D eigenvalue weighted by Gasteiger charge is 2.26. The van der Waals surface area contributed by atoms with Crippen molar-refractivity contribution in [3.8, 4) is 0 Å². The first-order valence-corrected chi connectivity index (χ1v) is 7.18. The minimum atomic E-state index is -0.453. The van der Waals surface area contributed by atoms with Gasteiger partial charge in [-0.25, -0.2) is 0 Å². The zero-order valence-electron chi connectivity index (χ0n) is 11.8. The summed E-state index contributed by atoms with van der Waals surface area (Å²) in [5, 5.41) is 17.8. The van der Waals surface area contributed by atoms with Crippen molar-refractivity contribution in [1.29, 1.82) is 0 Å². The molecule has 20 heavy (non-hydrogen) atoms. The molecule has 1 unspecified atom stereocenters. The molecule has 1 fully saturated rings. The molecule has 2 N–H and O–H groups in total. The van der Waals surface area contributed by atoms with Crippen LogP contribution in [-0.2, 0) is 0 Å². The van der Waals surface area contributed by atoms with Crippen molar-refractivity contribution < 1.29 is 4.92 Å². The first kappa shape index (κ1) is 15.1. The number of piperidine rings is 1. The largest absolute Gasteiger partial charge is 0.384 e. The van der Waals surface area contributed by atoms with Crippen molar-refractivity contribution in [2.75, 3.05) is 25.0 Å². The molecule has 0 bridgehead atoms. The van der Waals surface area contributed by atoms with E-state index in [1.54, 1.807) is 6.07 Å². The zero-order chi connectivity index (χ0) is 14.8. The molecule has 1 aliphatic rings. The van der Waals surface area contributed by atoms with Crippen LogP contribution in [0.3, 0.4) is 0 Å². The molecule has 2 rings (SSSR count). The van der Waals surface area contributed by atoms with Crippen LogP contribution in [0.4, 0.5) is 11.4 Å². The smallest absolute Gasteiger partial charge is 0.288 e. The van der Waals surface area contributed by atoms with Crippen LogP contribution in [0.25, 0.3) is 0 Å². The number of hydrogen-bond acceptors (Lipinski definition) is 4. The molecular weight excluding hydrogens is 278 g/mol. The fraction of sp³-hybridized carbons (Fsp3) is 0.571. The summed E-state index contributed by atoms with van der Waals surface area (Å²) < 4.78 is 0. The zero-order valence-corrected chi connectivity index (χ0v) is 12.6. The fourth-order valence-electron chi connectivity index (χ4n) is 2.57. The lowest BCUT2D eigenvalue weighted by atomic mass is 9.82. The number of nitro benzene ring substituents is 1. The molecule has 1 heterocycles. The van der Waals surface area contributed by atoms with E-state index in [4.69, 9.17) is 11.6 Å². The lowest BCUT2D eigenvalue weighted by molar-refractivity contribution is -0.384. The average molecular weight is 298 g/mol. The number of aryl methyl sites for hydroxylation is 1. The van der Waals surface area contributed by atoms with Gasteiger partial charge in [0, 0.05) is 24.8 Å². The first-order chi connectivity index (χ1) is 9.41. The van der Waals surface area contributed by atoms with Gasteiger partial charge in [0.2, 0.25) is 0 Å². The van der Waals surface area contributed by atoms with Crippen LogP contribution in [0, 0.1) is 22.5 Å². The maximum Gasteiger partial charge on any atom is 0.288 e. The standard InChI is InChI=1S/C14H20ClN3O2/c1-10-6-13(18(19)20)11(15)7-12(10)17-9-14(2)4-3-5-16-8-14/h6-7,16-17H,3-5,8-9H2,1-2H3. The SMILES string of the molecule is Cc1cc([N+](=O)[O-])c(Cl)cc1NCC1(C)CCCNC1. The van der Waals surface area contributed by atoms with Crippen LogP contribution in [0.5, 0.6) is 0 Å². The summed E-state index contributed by atoms with van der Waals surface area (Å²) >= 11 is 5.96. The molecule has 0 aliphatic carbocycles. The number of halogens is 1. The van der Waals surface area contributed by atoms with Gasteiger partial charge >= 0.3 is 0 Å². The van der Waals surface area contributed by atoms with Crippen molar-refractivity contribution in [3.63, 3.8) is 0 Å². The Labute approximate surface area is 123 Å². The molecule has 110 valence electrons. The van der Waals surface area contributed by atoms with Gasteiger partial charge in [-0.1, -0.05) is 18.5 Å². The Kier molecular flexibility index (Phi) is 4.50. The average Bonchev–Trinajstić information content (AvgIpc) is 2.40. The molecule has 0 radical (unpaired) electrons. The highest BCUT2D eigenvalue weighted by Crippen LogP contribution is 2.32. The Hall–Kier alpha value is -1.33. The van der Waals surface area contributed by atoms with Crippen molar-refractivity contribution in [1.82, 2.24) is 5.32 Å². The Bertz CT molecular complexity index is 513. The van der Waals surface area contributed by atoms with Gasteiger partial charge in [0.1, 0.15) is 5.02 Å². The number of benzene rings is 1. The molecule has 1 aromatic rings. The molecule has 1 atom stereocenters. The van der Waals surface area contributed by atoms with Crippen LogP contribution < -0.4 is 10.6 Å². The molecule has 0 spiro atoms. The van der Waals surface area contributed by atoms with Gasteiger partial charge in [-0.2, -0.15) is 0 Å². The summed E-state index contributed by atoms with van der Waals surface area (Å²) in [6.07, 6.45) is 2.35. The maximum atomic E-state index is 10.8. The lowest BCUT2D eigenvalue weighted by Crippen LogP contribution is -2.42. The number of hydrogen-bond donors (Lipinski definition) is 2. The van der Waals surface area contributed by atoms with Gasteiger partial charge < -0.3 is 10.6 Å². The first-order valence-electron chi connectivity index (χ1n) is 6.80. The van der Waals surface area contributed by atoms with Crippen LogP contribution in [-0.4, -0.2) is 24.6 Å². The van der Waals surface area contributed by atoms with Crippen LogP contribution >= 0.6 is 11.6 Å². The Morgan fingerprint density at radius 2 is 2.30 bits per heavy atom. The Morgan fingerprint density at radius 3 is 2.90 bits per heavy atom. The monoisotopic (exact) mass is 297 g/mol. The number of nitrogens with zero attached hydrogens (tertiary/aromatic N) is 1. The number of anilines is 1. The van der Waals surface area contributed by atoms with Crippen molar-refractivity contribution in [3.05, 3.63) is 32.8 Å². The minimum absolute atomic E-state index is 0.0414. The highest BCUT2D eigenvalue weighted by atomic mass is 35.5. The molecular formula is C14H20ClN3O2. The predicted molar refractivity (Wildman–Crippen MR) is 81.5 cm³/mol. The second kappa shape index (κ2) is 5.97. The number of nitro groups is 1. The third-order valence-electron chi connectivity index (χ3n) is 3.88. The number of rotatable bonds is 4. The van der Waals surface area contributed by atoms with Crippen molar-refractivity contribution in [2.45, 2.75) is 26.7 Å². The minimum Gasteiger partial charge on any atom is -0.384 e. The lowest BCUT2D eigenvalue weighted by Gasteiger charge is -2.34. The summed E-state index contributed by atoms with van der Waals surface area (Å²) in [7, 11) is 0. The molecule has 5 nitrogen and oxygen atoms in total. The van der Waals surface area contributed by atoms with E-state index in [-0.39, 0.29) is 16.1 Å². The molecule has 1 aromatic carbocycles. The van der Waals surface area contributed by atoms with E-state index in [0.717, 1.165) is 30.9 Å². The van der Waals surface area contributed by atoms with E-state index >= 15 is 0 Å². The summed E-state index contributed by atoms with van der Waals surface area (Å²) in [5.74, 6) is 0. The van der Waals surface area contributed by atoms with E-state index in [0.29, 0.717) is 0 Å². The van der Waals surface area contributed by atoms with Gasteiger partial charge in [-0.3, -0.25) is 10.1 Å². The van der Waals surface area contributed by atoms with Gasteiger partial charge in [-0.05, 0) is 43.4 Å². The van der Waals surface area contributed by atoms with E-state index in [2.05, 4.69) is 17.6 Å². The Balaban J connectivity index is 2.10. The second-order valence-electron chi connectivity index (χ2n) is 5.82. The molecule has 1 saturated heterocycles. The van der Waals surface area contributed by atoms with Gasteiger partial charge in [0.15, 0.2) is 0 Å². The fourth-order valence-corrected chi connectivity index (χ4v) is 2.81. The molecule has 6 heteroatoms.